The van der Waals surface area contributed by atoms with Gasteiger partial charge < -0.3 is 9.88 Å². The first-order valence-electron chi connectivity index (χ1n) is 8.91. The number of nitrogens with one attached hydrogen (secondary N) is 1. The third-order valence-corrected chi connectivity index (χ3v) is 5.06. The fraction of sp³-hybridized carbons (Fsp3) is 0.350. The lowest BCUT2D eigenvalue weighted by Gasteiger charge is -2.19. The van der Waals surface area contributed by atoms with E-state index in [2.05, 4.69) is 39.2 Å². The minimum absolute atomic E-state index is 0.0647. The minimum Gasteiger partial charge on any atom is -0.341 e. The molecule has 0 saturated carbocycles. The molecule has 1 aliphatic rings. The predicted molar refractivity (Wildman–Crippen MR) is 97.3 cm³/mol. The van der Waals surface area contributed by atoms with Crippen LogP contribution in [0.2, 0.25) is 0 Å². The normalized spacial score (nSPS) is 18.2. The average molecular weight is 334 g/mol. The summed E-state index contributed by atoms with van der Waals surface area (Å²) in [5.74, 6) is 0.684. The van der Waals surface area contributed by atoms with E-state index in [1.54, 1.807) is 12.5 Å². The zero-order valence-corrected chi connectivity index (χ0v) is 14.2. The topological polar surface area (TPSA) is 61.9 Å². The SMILES string of the molecule is O=C(c1cnc[nH]1)N1CCC[C@H](Cc2ccc3ncccc3c2)CC1. The van der Waals surface area contributed by atoms with Crippen molar-refractivity contribution in [1.82, 2.24) is 19.9 Å². The summed E-state index contributed by atoms with van der Waals surface area (Å²) in [7, 11) is 0. The number of imidazole rings is 1. The van der Waals surface area contributed by atoms with Gasteiger partial charge in [0.2, 0.25) is 0 Å². The van der Waals surface area contributed by atoms with Crippen molar-refractivity contribution in [1.29, 1.82) is 0 Å². The van der Waals surface area contributed by atoms with Gasteiger partial charge in [-0.1, -0.05) is 12.1 Å². The van der Waals surface area contributed by atoms with Crippen LogP contribution in [0.1, 0.15) is 35.3 Å². The number of aromatic amines is 1. The number of pyridine rings is 1. The average Bonchev–Trinajstić information content (AvgIpc) is 3.08. The Hall–Kier alpha value is -2.69. The van der Waals surface area contributed by atoms with E-state index in [0.717, 1.165) is 44.3 Å². The van der Waals surface area contributed by atoms with E-state index in [4.69, 9.17) is 0 Å². The van der Waals surface area contributed by atoms with Crippen molar-refractivity contribution < 1.29 is 4.79 Å². The van der Waals surface area contributed by atoms with E-state index in [1.165, 1.54) is 10.9 Å². The summed E-state index contributed by atoms with van der Waals surface area (Å²) in [5.41, 5.74) is 2.99. The van der Waals surface area contributed by atoms with Crippen molar-refractivity contribution in [3.63, 3.8) is 0 Å². The van der Waals surface area contributed by atoms with Crippen molar-refractivity contribution in [2.45, 2.75) is 25.7 Å². The third kappa shape index (κ3) is 3.55. The third-order valence-electron chi connectivity index (χ3n) is 5.06. The molecule has 4 rings (SSSR count). The number of benzene rings is 1. The van der Waals surface area contributed by atoms with E-state index in [9.17, 15) is 4.79 Å². The van der Waals surface area contributed by atoms with E-state index < -0.39 is 0 Å². The summed E-state index contributed by atoms with van der Waals surface area (Å²) in [6, 6.07) is 10.6. The lowest BCUT2D eigenvalue weighted by molar-refractivity contribution is 0.0754. The van der Waals surface area contributed by atoms with Crippen LogP contribution in [-0.4, -0.2) is 38.8 Å². The van der Waals surface area contributed by atoms with Gasteiger partial charge in [0.15, 0.2) is 0 Å². The fourth-order valence-electron chi connectivity index (χ4n) is 3.70. The maximum absolute atomic E-state index is 12.5. The highest BCUT2D eigenvalue weighted by Gasteiger charge is 2.22. The fourth-order valence-corrected chi connectivity index (χ4v) is 3.70. The number of carbonyl (C=O) groups is 1. The van der Waals surface area contributed by atoms with Crippen molar-refractivity contribution >= 4 is 16.8 Å². The number of nitrogens with zero attached hydrogens (tertiary/aromatic N) is 3. The van der Waals surface area contributed by atoms with Gasteiger partial charge in [0, 0.05) is 24.7 Å². The molecule has 1 fully saturated rings. The smallest absolute Gasteiger partial charge is 0.271 e. The lowest BCUT2D eigenvalue weighted by Crippen LogP contribution is -2.32. The molecule has 1 saturated heterocycles. The number of amides is 1. The predicted octanol–water partition coefficient (Wildman–Crippen LogP) is 3.44. The summed E-state index contributed by atoms with van der Waals surface area (Å²) in [4.78, 5) is 25.7. The Morgan fingerprint density at radius 2 is 2.20 bits per heavy atom. The summed E-state index contributed by atoms with van der Waals surface area (Å²) in [6.07, 6.45) is 9.33. The number of H-pyrrole nitrogens is 1. The number of hydrogen-bond donors (Lipinski definition) is 1. The molecule has 1 atom stereocenters. The Balaban J connectivity index is 1.41. The number of carbonyl (C=O) groups excluding carboxylic acids is 1. The Labute approximate surface area is 147 Å². The van der Waals surface area contributed by atoms with Gasteiger partial charge in [-0.2, -0.15) is 0 Å². The van der Waals surface area contributed by atoms with Crippen LogP contribution >= 0.6 is 0 Å². The van der Waals surface area contributed by atoms with Gasteiger partial charge in [-0.25, -0.2) is 4.98 Å². The lowest BCUT2D eigenvalue weighted by atomic mass is 9.92. The highest BCUT2D eigenvalue weighted by molar-refractivity contribution is 5.92. The molecule has 0 bridgehead atoms. The zero-order chi connectivity index (χ0) is 17.1. The van der Waals surface area contributed by atoms with E-state index in [1.807, 2.05) is 17.2 Å². The molecule has 128 valence electrons. The minimum atomic E-state index is 0.0647. The van der Waals surface area contributed by atoms with Crippen LogP contribution < -0.4 is 0 Å². The van der Waals surface area contributed by atoms with Crippen molar-refractivity contribution in [3.8, 4) is 0 Å². The van der Waals surface area contributed by atoms with Gasteiger partial charge in [-0.15, -0.1) is 0 Å². The molecule has 0 aliphatic carbocycles. The molecule has 1 amide bonds. The first-order valence-corrected chi connectivity index (χ1v) is 8.91. The molecule has 1 N–H and O–H groups in total. The maximum Gasteiger partial charge on any atom is 0.271 e. The largest absolute Gasteiger partial charge is 0.341 e. The molecule has 5 nitrogen and oxygen atoms in total. The number of hydrogen-bond acceptors (Lipinski definition) is 3. The molecule has 5 heteroatoms. The monoisotopic (exact) mass is 334 g/mol. The van der Waals surface area contributed by atoms with Gasteiger partial charge in [0.05, 0.1) is 18.0 Å². The Morgan fingerprint density at radius 3 is 3.08 bits per heavy atom. The summed E-state index contributed by atoms with van der Waals surface area (Å²) >= 11 is 0. The molecular formula is C20H22N4O. The molecule has 0 spiro atoms. The number of rotatable bonds is 3. The van der Waals surface area contributed by atoms with Crippen molar-refractivity contribution in [2.24, 2.45) is 5.92 Å². The standard InChI is InChI=1S/C20H22N4O/c25-20(19-13-21-14-23-19)24-9-2-3-15(7-10-24)11-16-5-6-18-17(12-16)4-1-8-22-18/h1,4-6,8,12-15H,2-3,7,9-11H2,(H,21,23)/t15-/m0/s1. The molecule has 25 heavy (non-hydrogen) atoms. The van der Waals surface area contributed by atoms with E-state index in [0.29, 0.717) is 11.6 Å². The Bertz CT molecular complexity index is 859. The maximum atomic E-state index is 12.5. The van der Waals surface area contributed by atoms with Gasteiger partial charge in [0.25, 0.3) is 5.91 Å². The number of fused-ring (bicyclic) bond motifs is 1. The van der Waals surface area contributed by atoms with E-state index >= 15 is 0 Å². The molecule has 3 aromatic rings. The Kier molecular flexibility index (Phi) is 4.46. The zero-order valence-electron chi connectivity index (χ0n) is 14.2. The van der Waals surface area contributed by atoms with Crippen LogP contribution in [0.4, 0.5) is 0 Å². The summed E-state index contributed by atoms with van der Waals surface area (Å²) in [5, 5.41) is 1.20. The van der Waals surface area contributed by atoms with Crippen LogP contribution in [0.3, 0.4) is 0 Å². The molecule has 0 radical (unpaired) electrons. The number of aromatic nitrogens is 3. The van der Waals surface area contributed by atoms with Gasteiger partial charge in [-0.3, -0.25) is 9.78 Å². The second-order valence-electron chi connectivity index (χ2n) is 6.79. The highest BCUT2D eigenvalue weighted by atomic mass is 16.2. The van der Waals surface area contributed by atoms with Crippen LogP contribution in [-0.2, 0) is 6.42 Å². The summed E-state index contributed by atoms with van der Waals surface area (Å²) in [6.45, 7) is 1.65. The first-order chi connectivity index (χ1) is 12.3. The second kappa shape index (κ2) is 7.05. The van der Waals surface area contributed by atoms with Crippen LogP contribution in [0, 0.1) is 5.92 Å². The quantitative estimate of drug-likeness (QED) is 0.798. The second-order valence-corrected chi connectivity index (χ2v) is 6.79. The Morgan fingerprint density at radius 1 is 1.24 bits per heavy atom. The molecule has 0 unspecified atom stereocenters. The van der Waals surface area contributed by atoms with Gasteiger partial charge >= 0.3 is 0 Å². The summed E-state index contributed by atoms with van der Waals surface area (Å²) < 4.78 is 0. The molecule has 1 aromatic carbocycles. The molecular weight excluding hydrogens is 312 g/mol. The van der Waals surface area contributed by atoms with Crippen LogP contribution in [0.25, 0.3) is 10.9 Å². The van der Waals surface area contributed by atoms with Crippen molar-refractivity contribution in [2.75, 3.05) is 13.1 Å². The van der Waals surface area contributed by atoms with Gasteiger partial charge in [-0.05, 0) is 55.4 Å². The van der Waals surface area contributed by atoms with Crippen LogP contribution in [0.15, 0.2) is 49.1 Å². The van der Waals surface area contributed by atoms with Gasteiger partial charge in [0.1, 0.15) is 5.69 Å². The van der Waals surface area contributed by atoms with Crippen LogP contribution in [0.5, 0.6) is 0 Å². The molecule has 1 aliphatic heterocycles. The molecule has 2 aromatic heterocycles. The first kappa shape index (κ1) is 15.8. The molecule has 3 heterocycles. The van der Waals surface area contributed by atoms with E-state index in [-0.39, 0.29) is 5.91 Å². The highest BCUT2D eigenvalue weighted by Crippen LogP contribution is 2.24. The number of likely N-dealkylation sites (tertiary alicyclic amines) is 1. The van der Waals surface area contributed by atoms with Crippen molar-refractivity contribution in [3.05, 3.63) is 60.3 Å².